The summed E-state index contributed by atoms with van der Waals surface area (Å²) in [6.07, 6.45) is -1.48. The molecule has 1 fully saturated rings. The summed E-state index contributed by atoms with van der Waals surface area (Å²) in [4.78, 5) is 3.22. The van der Waals surface area contributed by atoms with Crippen molar-refractivity contribution in [2.45, 2.75) is 49.2 Å². The molecule has 210 valence electrons. The third-order valence-corrected chi connectivity index (χ3v) is 9.21. The molecule has 5 rings (SSSR count). The summed E-state index contributed by atoms with van der Waals surface area (Å²) < 4.78 is 27.2. The minimum atomic E-state index is -0.574. The molecule has 1 aliphatic heterocycles. The Labute approximate surface area is 247 Å². The molecule has 0 N–H and O–H groups in total. The van der Waals surface area contributed by atoms with Crippen molar-refractivity contribution in [1.82, 2.24) is 0 Å². The third kappa shape index (κ3) is 8.52. The first-order valence-electron chi connectivity index (χ1n) is 13.6. The first-order chi connectivity index (χ1) is 20.3. The Kier molecular flexibility index (Phi) is 11.0. The van der Waals surface area contributed by atoms with Crippen LogP contribution >= 0.6 is 0 Å². The van der Waals surface area contributed by atoms with E-state index in [1.807, 2.05) is 109 Å². The average molecular weight is 615 g/mol. The van der Waals surface area contributed by atoms with Crippen LogP contribution in [0.4, 0.5) is 0 Å². The zero-order valence-corrected chi connectivity index (χ0v) is 24.4. The van der Waals surface area contributed by atoms with Crippen LogP contribution in [0.3, 0.4) is 0 Å². The first-order valence-corrected chi connectivity index (χ1v) is 15.5. The van der Waals surface area contributed by atoms with Gasteiger partial charge in [-0.25, -0.2) is 0 Å². The Balaban J connectivity index is 1.43. The van der Waals surface area contributed by atoms with Gasteiger partial charge in [-0.05, 0) is 0 Å². The van der Waals surface area contributed by atoms with Crippen LogP contribution in [0.5, 0.6) is 0 Å². The summed E-state index contributed by atoms with van der Waals surface area (Å²) in [5.74, 6) is 0. The number of azide groups is 1. The van der Waals surface area contributed by atoms with Crippen molar-refractivity contribution in [2.24, 2.45) is 5.11 Å². The summed E-state index contributed by atoms with van der Waals surface area (Å²) in [5.41, 5.74) is 12.8. The summed E-state index contributed by atoms with van der Waals surface area (Å²) in [7, 11) is 0. The fraction of sp³-hybridized carbons (Fsp3) is 0.273. The van der Waals surface area contributed by atoms with Crippen LogP contribution in [0, 0.1) is 0 Å². The molecule has 0 bridgehead atoms. The Morgan fingerprint density at radius 1 is 0.659 bits per heavy atom. The van der Waals surface area contributed by atoms with E-state index in [-0.39, 0.29) is 20.0 Å². The molecule has 1 saturated heterocycles. The molecule has 41 heavy (non-hydrogen) atoms. The molecule has 0 aromatic heterocycles. The monoisotopic (exact) mass is 615 g/mol. The molecule has 8 heteroatoms. The molecule has 0 saturated carbocycles. The van der Waals surface area contributed by atoms with Gasteiger partial charge in [-0.2, -0.15) is 0 Å². The van der Waals surface area contributed by atoms with Crippen molar-refractivity contribution in [2.75, 3.05) is 6.61 Å². The van der Waals surface area contributed by atoms with E-state index < -0.39 is 24.4 Å². The van der Waals surface area contributed by atoms with Crippen LogP contribution in [0.25, 0.3) is 10.4 Å². The van der Waals surface area contributed by atoms with E-state index in [1.54, 1.807) is 0 Å². The van der Waals surface area contributed by atoms with Gasteiger partial charge in [0, 0.05) is 0 Å². The number of hydrogen-bond donors (Lipinski definition) is 0. The van der Waals surface area contributed by atoms with Gasteiger partial charge < -0.3 is 0 Å². The first kappa shape index (κ1) is 29.1. The van der Waals surface area contributed by atoms with Gasteiger partial charge in [-0.15, -0.1) is 0 Å². The van der Waals surface area contributed by atoms with Crippen LogP contribution in [0.15, 0.2) is 126 Å². The maximum absolute atomic E-state index is 9.62. The minimum absolute atomic E-state index is 0.142. The molecule has 0 radical (unpaired) electrons. The zero-order valence-electron chi connectivity index (χ0n) is 22.6. The van der Waals surface area contributed by atoms with Crippen LogP contribution in [-0.2, 0) is 38.8 Å². The van der Waals surface area contributed by atoms with Crippen LogP contribution in [-0.4, -0.2) is 50.9 Å². The number of rotatable bonds is 13. The van der Waals surface area contributed by atoms with Gasteiger partial charge in [0.05, 0.1) is 0 Å². The van der Waals surface area contributed by atoms with E-state index in [0.717, 1.165) is 21.2 Å². The second-order valence-electron chi connectivity index (χ2n) is 9.69. The third-order valence-electron chi connectivity index (χ3n) is 6.76. The molecule has 1 heterocycles. The maximum atomic E-state index is 9.62. The quantitative estimate of drug-likeness (QED) is 0.0824. The second kappa shape index (κ2) is 15.5. The molecule has 5 atom stereocenters. The molecule has 1 aliphatic rings. The standard InChI is InChI=1S/C33H33N3O4Se/c34-36-35-30-32(39-23-27-17-9-3-10-18-27)31(38-22-26-15-7-2-8-16-26)29(24-37-21-25-13-5-1-6-14-25)40-33(30)41-28-19-11-4-12-20-28/h1-20,29-33H,21-24H2/t29-,30-,31-,32-,33-/m1/s1. The van der Waals surface area contributed by atoms with Crippen molar-refractivity contribution in [3.63, 3.8) is 0 Å². The van der Waals surface area contributed by atoms with E-state index in [1.165, 1.54) is 0 Å². The van der Waals surface area contributed by atoms with Crippen molar-refractivity contribution in [3.8, 4) is 0 Å². The van der Waals surface area contributed by atoms with E-state index in [0.29, 0.717) is 26.4 Å². The fourth-order valence-electron chi connectivity index (χ4n) is 4.73. The fourth-order valence-corrected chi connectivity index (χ4v) is 7.10. The average Bonchev–Trinajstić information content (AvgIpc) is 3.03. The van der Waals surface area contributed by atoms with Gasteiger partial charge in [0.25, 0.3) is 0 Å². The van der Waals surface area contributed by atoms with Crippen LogP contribution in [0.2, 0.25) is 0 Å². The Morgan fingerprint density at radius 2 is 1.15 bits per heavy atom. The van der Waals surface area contributed by atoms with Gasteiger partial charge in [0.2, 0.25) is 0 Å². The molecule has 4 aromatic rings. The normalized spacial score (nSPS) is 22.1. The molecular weight excluding hydrogens is 581 g/mol. The molecule has 0 aliphatic carbocycles. The van der Waals surface area contributed by atoms with E-state index in [9.17, 15) is 5.53 Å². The Bertz CT molecular complexity index is 1360. The summed E-state index contributed by atoms with van der Waals surface area (Å²) in [6.45, 7) is 1.49. The van der Waals surface area contributed by atoms with Crippen molar-refractivity contribution >= 4 is 19.4 Å². The molecule has 0 spiro atoms. The number of benzene rings is 4. The molecule has 4 aromatic carbocycles. The van der Waals surface area contributed by atoms with Gasteiger partial charge in [-0.1, -0.05) is 0 Å². The topological polar surface area (TPSA) is 85.7 Å². The van der Waals surface area contributed by atoms with Crippen molar-refractivity contribution < 1.29 is 18.9 Å². The van der Waals surface area contributed by atoms with E-state index in [2.05, 4.69) is 22.2 Å². The summed E-state index contributed by atoms with van der Waals surface area (Å²) in [6, 6.07) is 39.6. The second-order valence-corrected chi connectivity index (χ2v) is 12.2. The van der Waals surface area contributed by atoms with Crippen LogP contribution < -0.4 is 4.46 Å². The Morgan fingerprint density at radius 3 is 1.68 bits per heavy atom. The summed E-state index contributed by atoms with van der Waals surface area (Å²) in [5, 5.41) is 3.89. The molecule has 7 nitrogen and oxygen atoms in total. The predicted octanol–water partition coefficient (Wildman–Crippen LogP) is 5.81. The SMILES string of the molecule is [N-]=[N+]=N[C@@H]1[C@@H](OCc2ccccc2)[C@H](OCc2ccccc2)[C@@H](COCc2ccccc2)O[C@@H]1[Se]c1ccccc1. The molecular formula is C33H33N3O4Se. The Hall–Kier alpha value is -3.45. The van der Waals surface area contributed by atoms with E-state index >= 15 is 0 Å². The number of ether oxygens (including phenoxy) is 4. The van der Waals surface area contributed by atoms with Crippen molar-refractivity contribution in [3.05, 3.63) is 148 Å². The molecule has 0 amide bonds. The predicted molar refractivity (Wildman–Crippen MR) is 160 cm³/mol. The van der Waals surface area contributed by atoms with Crippen LogP contribution in [0.1, 0.15) is 16.7 Å². The zero-order chi connectivity index (χ0) is 28.1. The van der Waals surface area contributed by atoms with Gasteiger partial charge >= 0.3 is 248 Å². The van der Waals surface area contributed by atoms with Crippen molar-refractivity contribution in [1.29, 1.82) is 0 Å². The van der Waals surface area contributed by atoms with E-state index in [4.69, 9.17) is 18.9 Å². The number of nitrogens with zero attached hydrogens (tertiary/aromatic N) is 3. The number of hydrogen-bond acceptors (Lipinski definition) is 5. The van der Waals surface area contributed by atoms with Gasteiger partial charge in [-0.3, -0.25) is 0 Å². The molecule has 0 unspecified atom stereocenters. The van der Waals surface area contributed by atoms with Gasteiger partial charge in [0.1, 0.15) is 0 Å². The summed E-state index contributed by atoms with van der Waals surface area (Å²) >= 11 is -0.142. The van der Waals surface area contributed by atoms with Gasteiger partial charge in [0.15, 0.2) is 0 Å².